The number of nitrogens with zero attached hydrogens (tertiary/aromatic N) is 3. The maximum absolute atomic E-state index is 5.63. The molecule has 0 amide bonds. The summed E-state index contributed by atoms with van der Waals surface area (Å²) in [4.78, 5) is 14.4. The SMILES string of the molecule is CC(C)(C)c1cc(-c2cc(-c3ccccn3)cc(-c3ccc4c5cc(C(C)(C)C)ccc5n(-c5[nH]c(C(C)(C)C)c6ccccc56)c4n3)c2)cc(C(C)(C)C)c1. The smallest absolute Gasteiger partial charge is 0.147 e. The highest BCUT2D eigenvalue weighted by Crippen LogP contribution is 2.41. The van der Waals surface area contributed by atoms with E-state index >= 15 is 0 Å². The number of H-pyrrole nitrogens is 1. The average Bonchev–Trinajstić information content (AvgIpc) is 3.69. The molecule has 4 aromatic carbocycles. The van der Waals surface area contributed by atoms with Crippen LogP contribution >= 0.6 is 0 Å². The van der Waals surface area contributed by atoms with Crippen molar-refractivity contribution < 1.29 is 0 Å². The fourth-order valence-electron chi connectivity index (χ4n) is 7.96. The zero-order valence-electron chi connectivity index (χ0n) is 35.3. The summed E-state index contributed by atoms with van der Waals surface area (Å²) in [7, 11) is 0. The predicted octanol–water partition coefficient (Wildman–Crippen LogP) is 14.2. The van der Waals surface area contributed by atoms with Gasteiger partial charge in [-0.1, -0.05) is 138 Å². The van der Waals surface area contributed by atoms with Crippen LogP contribution in [0.25, 0.3) is 72.2 Å². The number of benzene rings is 4. The van der Waals surface area contributed by atoms with Gasteiger partial charge >= 0.3 is 0 Å². The van der Waals surface area contributed by atoms with Crippen LogP contribution in [0.1, 0.15) is 105 Å². The van der Waals surface area contributed by atoms with E-state index in [4.69, 9.17) is 9.97 Å². The minimum Gasteiger partial charge on any atom is -0.343 e. The third kappa shape index (κ3) is 6.74. The van der Waals surface area contributed by atoms with Crippen LogP contribution in [0.4, 0.5) is 0 Å². The number of aromatic amines is 1. The summed E-state index contributed by atoms with van der Waals surface area (Å²) in [6.07, 6.45) is 1.88. The molecule has 0 aliphatic heterocycles. The number of pyridine rings is 2. The molecule has 4 heteroatoms. The predicted molar refractivity (Wildman–Crippen MR) is 239 cm³/mol. The molecule has 0 bridgehead atoms. The van der Waals surface area contributed by atoms with Crippen molar-refractivity contribution in [3.63, 3.8) is 0 Å². The normalized spacial score (nSPS) is 13.0. The molecule has 8 rings (SSSR count). The van der Waals surface area contributed by atoms with Crippen molar-refractivity contribution in [2.45, 2.75) is 105 Å². The summed E-state index contributed by atoms with van der Waals surface area (Å²) in [5, 5.41) is 4.78. The summed E-state index contributed by atoms with van der Waals surface area (Å²) in [5.41, 5.74) is 13.5. The first kappa shape index (κ1) is 37.4. The third-order valence-corrected chi connectivity index (χ3v) is 11.3. The van der Waals surface area contributed by atoms with E-state index in [2.05, 4.69) is 196 Å². The Morgan fingerprint density at radius 2 is 1.04 bits per heavy atom. The number of nitrogens with one attached hydrogen (secondary N) is 1. The summed E-state index contributed by atoms with van der Waals surface area (Å²) in [6.45, 7) is 27.5. The zero-order valence-corrected chi connectivity index (χ0v) is 35.3. The lowest BCUT2D eigenvalue weighted by atomic mass is 9.78. The Kier molecular flexibility index (Phi) is 8.73. The van der Waals surface area contributed by atoms with Gasteiger partial charge in [-0.3, -0.25) is 9.55 Å². The highest BCUT2D eigenvalue weighted by molar-refractivity contribution is 6.10. The Balaban J connectivity index is 1.42. The number of hydrogen-bond donors (Lipinski definition) is 1. The van der Waals surface area contributed by atoms with E-state index in [0.29, 0.717) is 0 Å². The van der Waals surface area contributed by atoms with Crippen molar-refractivity contribution >= 4 is 32.7 Å². The Bertz CT molecular complexity index is 2730. The summed E-state index contributed by atoms with van der Waals surface area (Å²) < 4.78 is 2.37. The number of fused-ring (bicyclic) bond motifs is 4. The van der Waals surface area contributed by atoms with E-state index in [9.17, 15) is 0 Å². The van der Waals surface area contributed by atoms with Gasteiger partial charge in [-0.2, -0.15) is 0 Å². The molecule has 0 saturated heterocycles. The molecule has 4 aromatic heterocycles. The van der Waals surface area contributed by atoms with Crippen LogP contribution in [0, 0.1) is 0 Å². The van der Waals surface area contributed by atoms with Crippen LogP contribution in [0.5, 0.6) is 0 Å². The Morgan fingerprint density at radius 3 is 1.64 bits per heavy atom. The van der Waals surface area contributed by atoms with Gasteiger partial charge < -0.3 is 4.98 Å². The minimum absolute atomic E-state index is 0.000855. The first-order chi connectivity index (χ1) is 26.3. The van der Waals surface area contributed by atoms with Crippen molar-refractivity contribution in [3.05, 3.63) is 138 Å². The molecule has 284 valence electrons. The monoisotopic (exact) mass is 736 g/mol. The van der Waals surface area contributed by atoms with Gasteiger partial charge in [-0.25, -0.2) is 4.98 Å². The third-order valence-electron chi connectivity index (χ3n) is 11.3. The molecular formula is C52H56N4. The van der Waals surface area contributed by atoms with Gasteiger partial charge in [0.2, 0.25) is 0 Å². The van der Waals surface area contributed by atoms with E-state index in [1.54, 1.807) is 0 Å². The first-order valence-electron chi connectivity index (χ1n) is 20.1. The molecular weight excluding hydrogens is 681 g/mol. The van der Waals surface area contributed by atoms with Crippen LogP contribution in [0.2, 0.25) is 0 Å². The largest absolute Gasteiger partial charge is 0.343 e. The number of rotatable bonds is 4. The van der Waals surface area contributed by atoms with E-state index in [1.807, 2.05) is 12.3 Å². The van der Waals surface area contributed by atoms with Gasteiger partial charge in [0, 0.05) is 50.0 Å². The van der Waals surface area contributed by atoms with Gasteiger partial charge in [-0.05, 0) is 98.7 Å². The summed E-state index contributed by atoms with van der Waals surface area (Å²) in [6, 6.07) is 40.3. The molecule has 0 spiro atoms. The van der Waals surface area contributed by atoms with E-state index in [0.717, 1.165) is 50.4 Å². The van der Waals surface area contributed by atoms with Crippen LogP contribution in [0.15, 0.2) is 115 Å². The fraction of sp³-hybridized carbons (Fsp3) is 0.308. The maximum atomic E-state index is 5.63. The number of aromatic nitrogens is 4. The van der Waals surface area contributed by atoms with E-state index in [-0.39, 0.29) is 21.7 Å². The molecule has 0 unspecified atom stereocenters. The second-order valence-corrected chi connectivity index (χ2v) is 19.8. The quantitative estimate of drug-likeness (QED) is 0.196. The van der Waals surface area contributed by atoms with Crippen molar-refractivity contribution in [2.24, 2.45) is 0 Å². The second-order valence-electron chi connectivity index (χ2n) is 19.8. The van der Waals surface area contributed by atoms with Crippen molar-refractivity contribution in [3.8, 4) is 39.5 Å². The number of hydrogen-bond acceptors (Lipinski definition) is 2. The lowest BCUT2D eigenvalue weighted by Gasteiger charge is -2.26. The molecule has 0 aliphatic carbocycles. The Morgan fingerprint density at radius 1 is 0.446 bits per heavy atom. The van der Waals surface area contributed by atoms with Gasteiger partial charge in [-0.15, -0.1) is 0 Å². The molecule has 1 N–H and O–H groups in total. The Labute approximate surface area is 333 Å². The van der Waals surface area contributed by atoms with E-state index < -0.39 is 0 Å². The molecule has 0 radical (unpaired) electrons. The highest BCUT2D eigenvalue weighted by atomic mass is 15.1. The molecule has 56 heavy (non-hydrogen) atoms. The topological polar surface area (TPSA) is 46.5 Å². The lowest BCUT2D eigenvalue weighted by Crippen LogP contribution is -2.16. The van der Waals surface area contributed by atoms with Crippen molar-refractivity contribution in [1.29, 1.82) is 0 Å². The first-order valence-corrected chi connectivity index (χ1v) is 20.1. The average molecular weight is 737 g/mol. The van der Waals surface area contributed by atoms with Crippen molar-refractivity contribution in [2.75, 3.05) is 0 Å². The van der Waals surface area contributed by atoms with Gasteiger partial charge in [0.1, 0.15) is 11.5 Å². The molecule has 0 aliphatic rings. The summed E-state index contributed by atoms with van der Waals surface area (Å²) in [5.74, 6) is 1.05. The van der Waals surface area contributed by atoms with Crippen LogP contribution in [-0.2, 0) is 21.7 Å². The molecule has 4 heterocycles. The zero-order chi connectivity index (χ0) is 39.9. The standard InChI is InChI=1S/C52H56N4/c1-49(2,3)36-20-23-45-42(31-36)41-21-22-44(54-47(41)56(45)48-40-18-14-13-17-39(40)46(55-48)52(10,11)12)35-26-32(25-34(27-35)43-19-15-16-24-53-43)33-28-37(50(4,5)6)30-38(29-33)51(7,8)9/h13-31,55H,1-12H3. The maximum Gasteiger partial charge on any atom is 0.147 e. The van der Waals surface area contributed by atoms with Crippen LogP contribution in [-0.4, -0.2) is 19.5 Å². The highest BCUT2D eigenvalue weighted by Gasteiger charge is 2.26. The van der Waals surface area contributed by atoms with Crippen LogP contribution in [0.3, 0.4) is 0 Å². The van der Waals surface area contributed by atoms with Gasteiger partial charge in [0.15, 0.2) is 0 Å². The molecule has 0 saturated carbocycles. The van der Waals surface area contributed by atoms with E-state index in [1.165, 1.54) is 44.1 Å². The fourth-order valence-corrected chi connectivity index (χ4v) is 7.96. The Hall–Kier alpha value is -5.48. The molecule has 0 fully saturated rings. The minimum atomic E-state index is -0.0753. The summed E-state index contributed by atoms with van der Waals surface area (Å²) >= 11 is 0. The van der Waals surface area contributed by atoms with Crippen molar-refractivity contribution in [1.82, 2.24) is 19.5 Å². The van der Waals surface area contributed by atoms with Gasteiger partial charge in [0.05, 0.1) is 16.9 Å². The lowest BCUT2D eigenvalue weighted by molar-refractivity contribution is 0.569. The molecule has 8 aromatic rings. The van der Waals surface area contributed by atoms with Crippen LogP contribution < -0.4 is 0 Å². The van der Waals surface area contributed by atoms with Gasteiger partial charge in [0.25, 0.3) is 0 Å². The molecule has 0 atom stereocenters. The second kappa shape index (κ2) is 13.0. The molecule has 4 nitrogen and oxygen atoms in total.